The van der Waals surface area contributed by atoms with Crippen LogP contribution in [0.3, 0.4) is 0 Å². The van der Waals surface area contributed by atoms with Gasteiger partial charge in [-0.15, -0.1) is 29.3 Å². The van der Waals surface area contributed by atoms with Crippen molar-refractivity contribution in [3.63, 3.8) is 0 Å². The maximum absolute atomic E-state index is 12.4. The van der Waals surface area contributed by atoms with Gasteiger partial charge in [0.05, 0.1) is 22.3 Å². The fraction of sp³-hybridized carbons (Fsp3) is 0.250. The average Bonchev–Trinajstić information content (AvgIpc) is 3.74. The van der Waals surface area contributed by atoms with Gasteiger partial charge >= 0.3 is 0 Å². The maximum atomic E-state index is 12.4. The second-order valence-corrected chi connectivity index (χ2v) is 20.8. The van der Waals surface area contributed by atoms with E-state index < -0.39 is 13.7 Å². The van der Waals surface area contributed by atoms with Gasteiger partial charge in [0, 0.05) is 41.2 Å². The molecule has 5 heteroatoms. The minimum absolute atomic E-state index is 0. The van der Waals surface area contributed by atoms with E-state index in [0.29, 0.717) is 33.8 Å². The summed E-state index contributed by atoms with van der Waals surface area (Å²) in [7, 11) is 0. The molecule has 0 unspecified atom stereocenters. The largest absolute Gasteiger partial charge is 0.507 e. The molecule has 7 aromatic carbocycles. The number of pyridine rings is 1. The molecule has 0 aliphatic carbocycles. The first-order chi connectivity index (χ1) is 34.8. The van der Waals surface area contributed by atoms with Crippen molar-refractivity contribution in [3.8, 4) is 78.6 Å². The smallest absolute Gasteiger partial charge is 0.148 e. The zero-order valence-corrected chi connectivity index (χ0v) is 43.5. The Morgan fingerprint density at radius 3 is 2.00 bits per heavy atom. The molecule has 0 saturated carbocycles. The topological polar surface area (TPSA) is 50.9 Å². The summed E-state index contributed by atoms with van der Waals surface area (Å²) in [6.07, 6.45) is 1.76. The Hall–Kier alpha value is -6.35. The van der Waals surface area contributed by atoms with E-state index in [1.807, 2.05) is 89.5 Å². The third kappa shape index (κ3) is 9.66. The van der Waals surface area contributed by atoms with Crippen molar-refractivity contribution in [3.05, 3.63) is 191 Å². The molecule has 0 saturated heterocycles. The molecule has 4 nitrogen and oxygen atoms in total. The van der Waals surface area contributed by atoms with Crippen molar-refractivity contribution < 1.29 is 34.4 Å². The van der Waals surface area contributed by atoms with Crippen molar-refractivity contribution in [2.75, 3.05) is 0 Å². The number of fused-ring (bicyclic) bond motifs is 1. The maximum Gasteiger partial charge on any atom is 0.148 e. The summed E-state index contributed by atoms with van der Waals surface area (Å²) in [6.45, 7) is 16.6. The Kier molecular flexibility index (Phi) is 11.6. The van der Waals surface area contributed by atoms with Crippen LogP contribution in [0.4, 0.5) is 0 Å². The molecule has 0 aliphatic heterocycles. The molecule has 0 spiro atoms. The van der Waals surface area contributed by atoms with E-state index in [1.165, 1.54) is 0 Å². The molecule has 0 radical (unpaired) electrons. The first-order valence-corrected chi connectivity index (χ1v) is 23.7. The third-order valence-electron chi connectivity index (χ3n) is 13.1. The summed E-state index contributed by atoms with van der Waals surface area (Å²) in [5.74, 6) is 0.615. The monoisotopic (exact) mass is 1090 g/mol. The van der Waals surface area contributed by atoms with Gasteiger partial charge in [0.1, 0.15) is 11.6 Å². The first-order valence-electron chi connectivity index (χ1n) is 26.7. The van der Waals surface area contributed by atoms with E-state index in [4.69, 9.17) is 14.1 Å². The zero-order valence-electron chi connectivity index (χ0n) is 47.2. The second kappa shape index (κ2) is 19.2. The number of hydrogen-bond donors (Lipinski definition) is 1. The zero-order chi connectivity index (χ0) is 53.2. The summed E-state index contributed by atoms with van der Waals surface area (Å²) in [4.78, 5) is 10.4. The first kappa shape index (κ1) is 41.6. The molecule has 0 bridgehead atoms. The van der Waals surface area contributed by atoms with Gasteiger partial charge in [-0.1, -0.05) is 189 Å². The number of phenolic OH excluding ortho intramolecular Hbond substituents is 1. The van der Waals surface area contributed by atoms with E-state index in [0.717, 1.165) is 72.3 Å². The Morgan fingerprint density at radius 1 is 0.609 bits per heavy atom. The van der Waals surface area contributed by atoms with Crippen LogP contribution in [0, 0.1) is 19.8 Å². The van der Waals surface area contributed by atoms with Crippen LogP contribution < -0.4 is 0 Å². The number of nitrogens with zero attached hydrogens (tertiary/aromatic N) is 3. The third-order valence-corrected chi connectivity index (χ3v) is 13.1. The minimum Gasteiger partial charge on any atom is -0.507 e. The van der Waals surface area contributed by atoms with Crippen LogP contribution in [0.1, 0.15) is 123 Å². The van der Waals surface area contributed by atoms with Crippen molar-refractivity contribution in [1.29, 1.82) is 0 Å². The number of hydrogen-bond acceptors (Lipinski definition) is 3. The van der Waals surface area contributed by atoms with Crippen molar-refractivity contribution in [2.24, 2.45) is 0 Å². The number of imidazole rings is 1. The van der Waals surface area contributed by atoms with E-state index in [9.17, 15) is 9.22 Å². The fourth-order valence-corrected chi connectivity index (χ4v) is 9.30. The standard InChI is InChI=1S/C64H64N3O.Pt/c1-39(2)47-36-53(40(3)4)61(68)54(37-47)62-66-60-52(48-33-49(35-50(34-48)63(7,8)9)56-38-45(30-31-65-56)43-26-24-41(5)25-27-43)21-17-23-58(60)67(62)57-29-28-46(32-42(57)6)59-51(44-18-14-13-15-19-44)20-16-22-55(59)64(10,11)12;/h13-32,34-40,68H,1-12H3;/q-1;/i5D3,6D3;. The summed E-state index contributed by atoms with van der Waals surface area (Å²) in [6, 6.07) is 51.2. The van der Waals surface area contributed by atoms with Crippen LogP contribution in [0.2, 0.25) is 0 Å². The van der Waals surface area contributed by atoms with Gasteiger partial charge in [0.15, 0.2) is 0 Å². The molecule has 352 valence electrons. The van der Waals surface area contributed by atoms with Gasteiger partial charge in [-0.3, -0.25) is 9.55 Å². The van der Waals surface area contributed by atoms with Crippen molar-refractivity contribution >= 4 is 11.0 Å². The van der Waals surface area contributed by atoms with E-state index in [-0.39, 0.29) is 60.6 Å². The molecular weight excluding hydrogens is 1020 g/mol. The Bertz CT molecular complexity index is 3560. The quantitative estimate of drug-likeness (QED) is 0.147. The Labute approximate surface area is 433 Å². The molecule has 69 heavy (non-hydrogen) atoms. The van der Waals surface area contributed by atoms with Gasteiger partial charge in [0.2, 0.25) is 0 Å². The molecule has 0 amide bonds. The van der Waals surface area contributed by atoms with Crippen molar-refractivity contribution in [1.82, 2.24) is 14.5 Å². The molecular formula is C64H64N3OPt-. The van der Waals surface area contributed by atoms with Gasteiger partial charge in [-0.05, 0) is 122 Å². The Balaban J connectivity index is 0.00000747. The summed E-state index contributed by atoms with van der Waals surface area (Å²) in [5, 5.41) is 12.4. The van der Waals surface area contributed by atoms with Crippen LogP contribution in [0.5, 0.6) is 5.75 Å². The van der Waals surface area contributed by atoms with Crippen LogP contribution in [0.15, 0.2) is 152 Å². The van der Waals surface area contributed by atoms with Crippen molar-refractivity contribution in [2.45, 2.75) is 106 Å². The molecule has 9 aromatic rings. The van der Waals surface area contributed by atoms with Gasteiger partial charge < -0.3 is 5.11 Å². The minimum atomic E-state index is -2.58. The van der Waals surface area contributed by atoms with Gasteiger partial charge in [0.25, 0.3) is 0 Å². The summed E-state index contributed by atoms with van der Waals surface area (Å²) >= 11 is 0. The van der Waals surface area contributed by atoms with Gasteiger partial charge in [-0.2, -0.15) is 0 Å². The molecule has 9 rings (SSSR count). The molecule has 0 fully saturated rings. The number of aromatic hydroxyl groups is 1. The predicted octanol–water partition coefficient (Wildman–Crippen LogP) is 17.4. The van der Waals surface area contributed by atoms with E-state index in [1.54, 1.807) is 18.3 Å². The molecule has 0 aliphatic rings. The van der Waals surface area contributed by atoms with Crippen LogP contribution in [0.25, 0.3) is 83.9 Å². The van der Waals surface area contributed by atoms with Gasteiger partial charge in [-0.25, -0.2) is 4.98 Å². The van der Waals surface area contributed by atoms with Crippen LogP contribution >= 0.6 is 0 Å². The number of phenols is 1. The average molecular weight is 1090 g/mol. The summed E-state index contributed by atoms with van der Waals surface area (Å²) < 4.78 is 53.3. The number of rotatable bonds is 9. The number of benzene rings is 7. The van der Waals surface area contributed by atoms with E-state index >= 15 is 0 Å². The number of aryl methyl sites for hydroxylation is 2. The molecule has 0 atom stereocenters. The van der Waals surface area contributed by atoms with Crippen LogP contribution in [-0.2, 0) is 31.9 Å². The van der Waals surface area contributed by atoms with E-state index in [2.05, 4.69) is 124 Å². The number of aromatic nitrogens is 3. The fourth-order valence-electron chi connectivity index (χ4n) is 9.30. The Morgan fingerprint density at radius 2 is 1.32 bits per heavy atom. The predicted molar refractivity (Wildman–Crippen MR) is 287 cm³/mol. The summed E-state index contributed by atoms with van der Waals surface area (Å²) in [5.41, 5.74) is 14.6. The molecule has 2 heterocycles. The SMILES string of the molecule is [2H]C([2H])([2H])c1ccc(-c2ccnc(-c3[c-]c(-c4cccc5c4nc(-c4cc(C(C)C)cc(C(C)C)c4O)n5-c4ccc(-c5c(-c6ccccc6)cccc5C(C)(C)C)cc4C([2H])([2H])[2H])cc(C(C)(C)C)c3)c2)cc1.[Pt]. The van der Waals surface area contributed by atoms with Crippen LogP contribution in [-0.4, -0.2) is 19.6 Å². The normalized spacial score (nSPS) is 13.6. The molecule has 2 aromatic heterocycles. The molecule has 1 N–H and O–H groups in total. The number of para-hydroxylation sites is 1. The second-order valence-electron chi connectivity index (χ2n) is 20.8.